The number of fused-ring (bicyclic) bond motifs is 5. The van der Waals surface area contributed by atoms with E-state index in [0.29, 0.717) is 24.0 Å². The van der Waals surface area contributed by atoms with Crippen LogP contribution in [0.4, 0.5) is 4.39 Å². The van der Waals surface area contributed by atoms with Gasteiger partial charge in [0.1, 0.15) is 11.6 Å². The number of aliphatic hydroxyl groups excluding tert-OH is 1. The van der Waals surface area contributed by atoms with Gasteiger partial charge in [0.15, 0.2) is 0 Å². The number of aryl methyl sites for hydroxylation is 1. The van der Waals surface area contributed by atoms with Crippen molar-refractivity contribution in [3.8, 4) is 0 Å². The summed E-state index contributed by atoms with van der Waals surface area (Å²) >= 11 is 0. The summed E-state index contributed by atoms with van der Waals surface area (Å²) in [4.78, 5) is 13.4. The van der Waals surface area contributed by atoms with Crippen molar-refractivity contribution < 1.29 is 14.3 Å². The van der Waals surface area contributed by atoms with E-state index >= 15 is 0 Å². The molecule has 0 saturated heterocycles. The Balaban J connectivity index is 1.27. The molecule has 170 valence electrons. The number of hydrogen-bond acceptors (Lipinski definition) is 2. The smallest absolute Gasteiger partial charge is 0.139 e. The second-order valence-corrected chi connectivity index (χ2v) is 11.7. The summed E-state index contributed by atoms with van der Waals surface area (Å²) in [6.45, 7) is 4.64. The molecule has 9 atom stereocenters. The SMILES string of the molecule is CC1C[C@H](O)C[C@@H]2CC[C@@H]3[C@H](CC[C@H]4[C@H]3CC[C@]4(C)C(=O)CCc3ccc(F)cc3)[C@@H]12. The first kappa shape index (κ1) is 21.6. The van der Waals surface area contributed by atoms with Crippen molar-refractivity contribution in [3.05, 3.63) is 35.6 Å². The first-order chi connectivity index (χ1) is 14.9. The molecule has 1 aromatic rings. The van der Waals surface area contributed by atoms with Gasteiger partial charge in [-0.2, -0.15) is 0 Å². The van der Waals surface area contributed by atoms with E-state index in [2.05, 4.69) is 13.8 Å². The van der Waals surface area contributed by atoms with E-state index < -0.39 is 0 Å². The van der Waals surface area contributed by atoms with Crippen molar-refractivity contribution in [2.75, 3.05) is 0 Å². The standard InChI is InChI=1S/C28H39FO2/c1-17-15-21(30)16-19-6-9-22-23-13-14-28(2,25(23)11-10-24(22)27(17)19)26(31)12-5-18-3-7-20(29)8-4-18/h3-4,7-8,17,19,21-25,27,30H,5-6,9-16H2,1-2H3/t17?,19-,21-,22-,23-,24-,25-,27-,28-/m0/s1. The van der Waals surface area contributed by atoms with Crippen LogP contribution in [0.1, 0.15) is 77.2 Å². The summed E-state index contributed by atoms with van der Waals surface area (Å²) < 4.78 is 13.2. The van der Waals surface area contributed by atoms with Crippen molar-refractivity contribution in [2.45, 2.75) is 84.2 Å². The minimum absolute atomic E-state index is 0.0855. The zero-order valence-corrected chi connectivity index (χ0v) is 19.2. The largest absolute Gasteiger partial charge is 0.393 e. The number of hydrogen-bond donors (Lipinski definition) is 1. The molecular formula is C28H39FO2. The number of ketones is 1. The van der Waals surface area contributed by atoms with Crippen LogP contribution < -0.4 is 0 Å². The third-order valence-electron chi connectivity index (χ3n) is 10.2. The fourth-order valence-corrected chi connectivity index (χ4v) is 8.86. The Bertz CT molecular complexity index is 804. The summed E-state index contributed by atoms with van der Waals surface area (Å²) in [7, 11) is 0. The van der Waals surface area contributed by atoms with E-state index in [9.17, 15) is 14.3 Å². The first-order valence-corrected chi connectivity index (χ1v) is 12.8. The zero-order chi connectivity index (χ0) is 21.8. The Labute approximate surface area is 187 Å². The number of aliphatic hydroxyl groups is 1. The Kier molecular flexibility index (Phi) is 5.78. The maximum Gasteiger partial charge on any atom is 0.139 e. The first-order valence-electron chi connectivity index (χ1n) is 12.8. The van der Waals surface area contributed by atoms with E-state index in [1.807, 2.05) is 12.1 Å². The lowest BCUT2D eigenvalue weighted by Crippen LogP contribution is -2.49. The Morgan fingerprint density at radius 3 is 2.55 bits per heavy atom. The monoisotopic (exact) mass is 426 g/mol. The molecule has 0 aliphatic heterocycles. The summed E-state index contributed by atoms with van der Waals surface area (Å²) in [6, 6.07) is 6.62. The predicted molar refractivity (Wildman–Crippen MR) is 121 cm³/mol. The lowest BCUT2D eigenvalue weighted by molar-refractivity contribution is -0.133. The van der Waals surface area contributed by atoms with Gasteiger partial charge in [0.2, 0.25) is 0 Å². The Morgan fingerprint density at radius 2 is 1.77 bits per heavy atom. The van der Waals surface area contributed by atoms with Gasteiger partial charge in [-0.25, -0.2) is 4.39 Å². The molecule has 4 fully saturated rings. The van der Waals surface area contributed by atoms with Gasteiger partial charge in [-0.3, -0.25) is 4.79 Å². The number of benzene rings is 1. The molecule has 0 spiro atoms. The molecule has 0 amide bonds. The average Bonchev–Trinajstić information content (AvgIpc) is 3.10. The maximum atomic E-state index is 13.4. The van der Waals surface area contributed by atoms with Crippen molar-refractivity contribution in [3.63, 3.8) is 0 Å². The quantitative estimate of drug-likeness (QED) is 0.622. The van der Waals surface area contributed by atoms with Crippen molar-refractivity contribution in [2.24, 2.45) is 46.8 Å². The average molecular weight is 427 g/mol. The summed E-state index contributed by atoms with van der Waals surface area (Å²) in [5.41, 5.74) is 0.893. The molecule has 4 aliphatic carbocycles. The topological polar surface area (TPSA) is 37.3 Å². The van der Waals surface area contributed by atoms with Gasteiger partial charge in [0.05, 0.1) is 6.10 Å². The highest BCUT2D eigenvalue weighted by Gasteiger charge is 2.57. The van der Waals surface area contributed by atoms with Crippen molar-refractivity contribution >= 4 is 5.78 Å². The summed E-state index contributed by atoms with van der Waals surface area (Å²) in [5, 5.41) is 10.3. The molecule has 1 unspecified atom stereocenters. The van der Waals surface area contributed by atoms with E-state index in [0.717, 1.165) is 60.8 Å². The molecule has 4 saturated carbocycles. The molecular weight excluding hydrogens is 387 g/mol. The van der Waals surface area contributed by atoms with Gasteiger partial charge in [0.25, 0.3) is 0 Å². The van der Waals surface area contributed by atoms with Gasteiger partial charge < -0.3 is 5.11 Å². The molecule has 5 rings (SSSR count). The molecule has 0 bridgehead atoms. The van der Waals surface area contributed by atoms with Crippen LogP contribution in [0.2, 0.25) is 0 Å². The van der Waals surface area contributed by atoms with E-state index in [1.54, 1.807) is 0 Å². The Hall–Kier alpha value is -1.22. The van der Waals surface area contributed by atoms with Crippen LogP contribution in [-0.2, 0) is 11.2 Å². The minimum Gasteiger partial charge on any atom is -0.393 e. The van der Waals surface area contributed by atoms with Crippen LogP contribution in [0.15, 0.2) is 24.3 Å². The van der Waals surface area contributed by atoms with Crippen LogP contribution in [0.5, 0.6) is 0 Å². The van der Waals surface area contributed by atoms with Gasteiger partial charge in [0, 0.05) is 11.8 Å². The zero-order valence-electron chi connectivity index (χ0n) is 19.2. The van der Waals surface area contributed by atoms with Crippen LogP contribution in [0, 0.1) is 52.7 Å². The lowest BCUT2D eigenvalue weighted by atomic mass is 9.50. The number of halogens is 1. The highest BCUT2D eigenvalue weighted by Crippen LogP contribution is 2.63. The van der Waals surface area contributed by atoms with Crippen LogP contribution in [-0.4, -0.2) is 17.0 Å². The molecule has 2 nitrogen and oxygen atoms in total. The summed E-state index contributed by atoms with van der Waals surface area (Å²) in [5.74, 6) is 5.27. The van der Waals surface area contributed by atoms with E-state index in [-0.39, 0.29) is 17.3 Å². The molecule has 31 heavy (non-hydrogen) atoms. The van der Waals surface area contributed by atoms with E-state index in [4.69, 9.17) is 0 Å². The maximum absolute atomic E-state index is 13.4. The Morgan fingerprint density at radius 1 is 1.03 bits per heavy atom. The van der Waals surface area contributed by atoms with Gasteiger partial charge in [-0.15, -0.1) is 0 Å². The van der Waals surface area contributed by atoms with Crippen molar-refractivity contribution in [1.82, 2.24) is 0 Å². The molecule has 0 heterocycles. The summed E-state index contributed by atoms with van der Waals surface area (Å²) in [6.07, 6.45) is 10.6. The molecule has 0 radical (unpaired) electrons. The number of Topliss-reactive ketones (excluding diaryl/α,β-unsaturated/α-hetero) is 1. The van der Waals surface area contributed by atoms with Gasteiger partial charge in [-0.1, -0.05) is 26.0 Å². The number of carbonyl (C=O) groups excluding carboxylic acids is 1. The highest BCUT2D eigenvalue weighted by atomic mass is 19.1. The third-order valence-corrected chi connectivity index (χ3v) is 10.2. The third kappa shape index (κ3) is 3.79. The molecule has 1 N–H and O–H groups in total. The predicted octanol–water partition coefficient (Wildman–Crippen LogP) is 6.20. The minimum atomic E-state index is -0.214. The fourth-order valence-electron chi connectivity index (χ4n) is 8.86. The molecule has 0 aromatic heterocycles. The van der Waals surface area contributed by atoms with Gasteiger partial charge in [-0.05, 0) is 117 Å². The second kappa shape index (κ2) is 8.28. The second-order valence-electron chi connectivity index (χ2n) is 11.7. The van der Waals surface area contributed by atoms with Crippen LogP contribution in [0.3, 0.4) is 0 Å². The molecule has 1 aromatic carbocycles. The lowest BCUT2D eigenvalue weighted by Gasteiger charge is -2.55. The van der Waals surface area contributed by atoms with Gasteiger partial charge >= 0.3 is 0 Å². The highest BCUT2D eigenvalue weighted by molar-refractivity contribution is 5.85. The van der Waals surface area contributed by atoms with E-state index in [1.165, 1.54) is 44.2 Å². The number of rotatable bonds is 4. The molecule has 3 heteroatoms. The normalized spacial score (nSPS) is 44.3. The van der Waals surface area contributed by atoms with Crippen molar-refractivity contribution in [1.29, 1.82) is 0 Å². The fraction of sp³-hybridized carbons (Fsp3) is 0.750. The van der Waals surface area contributed by atoms with Crippen LogP contribution >= 0.6 is 0 Å². The van der Waals surface area contributed by atoms with Crippen LogP contribution in [0.25, 0.3) is 0 Å². The molecule has 4 aliphatic rings. The number of carbonyl (C=O) groups is 1.